The Bertz CT molecular complexity index is 728. The molecule has 0 spiro atoms. The van der Waals surface area contributed by atoms with Crippen molar-refractivity contribution < 1.29 is 9.90 Å². The minimum absolute atomic E-state index is 0.158. The summed E-state index contributed by atoms with van der Waals surface area (Å²) in [5.41, 5.74) is 2.18. The van der Waals surface area contributed by atoms with Crippen molar-refractivity contribution >= 4 is 11.6 Å². The molecule has 26 heavy (non-hydrogen) atoms. The number of amides is 1. The lowest BCUT2D eigenvalue weighted by Crippen LogP contribution is -2.35. The largest absolute Gasteiger partial charge is 0.396 e. The van der Waals surface area contributed by atoms with E-state index in [1.54, 1.807) is 6.20 Å². The second kappa shape index (κ2) is 8.87. The first-order valence-electron chi connectivity index (χ1n) is 9.20. The molecule has 3 rings (SSSR count). The summed E-state index contributed by atoms with van der Waals surface area (Å²) in [6.07, 6.45) is 4.39. The number of likely N-dealkylation sites (tertiary alicyclic amines) is 1. The molecule has 2 aromatic rings. The first-order valence-corrected chi connectivity index (χ1v) is 9.20. The fraction of sp³-hybridized carbons (Fsp3) is 0.450. The Labute approximate surface area is 154 Å². The molecule has 1 amide bonds. The van der Waals surface area contributed by atoms with E-state index in [4.69, 9.17) is 5.11 Å². The van der Waals surface area contributed by atoms with Crippen LogP contribution in [0.1, 0.15) is 47.1 Å². The Morgan fingerprint density at radius 3 is 2.69 bits per heavy atom. The van der Waals surface area contributed by atoms with Crippen molar-refractivity contribution in [2.75, 3.05) is 31.6 Å². The molecule has 1 fully saturated rings. The zero-order valence-corrected chi connectivity index (χ0v) is 15.2. The molecule has 0 bridgehead atoms. The average Bonchev–Trinajstić information content (AvgIpc) is 2.67. The van der Waals surface area contributed by atoms with Crippen molar-refractivity contribution in [3.8, 4) is 0 Å². The van der Waals surface area contributed by atoms with E-state index in [0.717, 1.165) is 50.3 Å². The number of hydrogen-bond donors (Lipinski definition) is 2. The van der Waals surface area contributed by atoms with E-state index in [1.165, 1.54) is 0 Å². The maximum atomic E-state index is 12.8. The summed E-state index contributed by atoms with van der Waals surface area (Å²) < 4.78 is 0. The van der Waals surface area contributed by atoms with Crippen LogP contribution in [0.25, 0.3) is 0 Å². The van der Waals surface area contributed by atoms with Crippen molar-refractivity contribution in [2.45, 2.75) is 32.1 Å². The molecule has 2 N–H and O–H groups in total. The first kappa shape index (κ1) is 18.5. The number of nitrogens with zero attached hydrogens (tertiary/aromatic N) is 3. The molecule has 0 unspecified atom stereocenters. The van der Waals surface area contributed by atoms with Crippen LogP contribution in [-0.4, -0.2) is 52.1 Å². The maximum Gasteiger partial charge on any atom is 0.259 e. The van der Waals surface area contributed by atoms with Gasteiger partial charge in [0, 0.05) is 31.0 Å². The van der Waals surface area contributed by atoms with Crippen LogP contribution in [0, 0.1) is 6.92 Å². The normalized spacial score (nSPS) is 15.8. The van der Waals surface area contributed by atoms with Gasteiger partial charge in [0.25, 0.3) is 5.91 Å². The number of carbonyl (C=O) groups excluding carboxylic acids is 1. The fourth-order valence-electron chi connectivity index (χ4n) is 3.42. The molecular weight excluding hydrogens is 328 g/mol. The number of hydrogen-bond acceptors (Lipinski definition) is 5. The van der Waals surface area contributed by atoms with Crippen LogP contribution in [0.2, 0.25) is 0 Å². The highest BCUT2D eigenvalue weighted by atomic mass is 16.3. The molecule has 1 aromatic heterocycles. The number of aliphatic hydroxyl groups is 1. The van der Waals surface area contributed by atoms with E-state index in [0.29, 0.717) is 11.4 Å². The number of rotatable bonds is 6. The molecule has 6 nitrogen and oxygen atoms in total. The van der Waals surface area contributed by atoms with Gasteiger partial charge in [-0.3, -0.25) is 4.79 Å². The quantitative estimate of drug-likeness (QED) is 0.834. The number of aromatic nitrogens is 2. The minimum atomic E-state index is -0.158. The van der Waals surface area contributed by atoms with Gasteiger partial charge in [-0.15, -0.1) is 0 Å². The lowest BCUT2D eigenvalue weighted by Gasteiger charge is -2.32. The van der Waals surface area contributed by atoms with Crippen LogP contribution in [0.4, 0.5) is 5.69 Å². The third kappa shape index (κ3) is 4.65. The highest BCUT2D eigenvalue weighted by Crippen LogP contribution is 2.29. The predicted octanol–water partition coefficient (Wildman–Crippen LogP) is 2.60. The Kier molecular flexibility index (Phi) is 6.30. The van der Waals surface area contributed by atoms with Gasteiger partial charge >= 0.3 is 0 Å². The summed E-state index contributed by atoms with van der Waals surface area (Å²) in [4.78, 5) is 24.0. The van der Waals surface area contributed by atoms with E-state index < -0.39 is 0 Å². The zero-order chi connectivity index (χ0) is 18.4. The van der Waals surface area contributed by atoms with E-state index >= 15 is 0 Å². The summed E-state index contributed by atoms with van der Waals surface area (Å²) in [7, 11) is 0. The molecule has 1 saturated heterocycles. The lowest BCUT2D eigenvalue weighted by molar-refractivity contribution is 0.102. The second-order valence-corrected chi connectivity index (χ2v) is 6.73. The van der Waals surface area contributed by atoms with E-state index in [1.807, 2.05) is 37.3 Å². The van der Waals surface area contributed by atoms with Gasteiger partial charge < -0.3 is 15.3 Å². The zero-order valence-electron chi connectivity index (χ0n) is 15.2. The molecule has 0 atom stereocenters. The maximum absolute atomic E-state index is 12.8. The number of benzene rings is 1. The Hall–Kier alpha value is -2.31. The van der Waals surface area contributed by atoms with Crippen LogP contribution in [0.15, 0.2) is 36.5 Å². The number of carbonyl (C=O) groups is 1. The highest BCUT2D eigenvalue weighted by Gasteiger charge is 2.26. The molecule has 2 heterocycles. The average molecular weight is 354 g/mol. The van der Waals surface area contributed by atoms with Crippen molar-refractivity contribution in [2.24, 2.45) is 0 Å². The van der Waals surface area contributed by atoms with Crippen LogP contribution in [-0.2, 0) is 0 Å². The number of piperidine rings is 1. The predicted molar refractivity (Wildman–Crippen MR) is 101 cm³/mol. The fourth-order valence-corrected chi connectivity index (χ4v) is 3.42. The number of anilines is 1. The third-order valence-corrected chi connectivity index (χ3v) is 4.82. The molecule has 138 valence electrons. The summed E-state index contributed by atoms with van der Waals surface area (Å²) >= 11 is 0. The second-order valence-electron chi connectivity index (χ2n) is 6.73. The van der Waals surface area contributed by atoms with Crippen LogP contribution < -0.4 is 5.32 Å². The Morgan fingerprint density at radius 2 is 2.00 bits per heavy atom. The number of aryl methyl sites for hydroxylation is 1. The van der Waals surface area contributed by atoms with Gasteiger partial charge in [0.15, 0.2) is 0 Å². The van der Waals surface area contributed by atoms with Crippen molar-refractivity contribution in [1.29, 1.82) is 0 Å². The van der Waals surface area contributed by atoms with E-state index in [9.17, 15) is 4.79 Å². The van der Waals surface area contributed by atoms with Gasteiger partial charge in [0.2, 0.25) is 0 Å². The van der Waals surface area contributed by atoms with Crippen molar-refractivity contribution in [3.05, 3.63) is 53.6 Å². The highest BCUT2D eigenvalue weighted by molar-refractivity contribution is 6.04. The van der Waals surface area contributed by atoms with Crippen LogP contribution >= 0.6 is 0 Å². The number of nitrogens with one attached hydrogen (secondary N) is 1. The van der Waals surface area contributed by atoms with E-state index in [-0.39, 0.29) is 18.4 Å². The molecule has 0 saturated carbocycles. The molecule has 1 aromatic carbocycles. The molecular formula is C20H26N4O2. The third-order valence-electron chi connectivity index (χ3n) is 4.82. The van der Waals surface area contributed by atoms with Crippen molar-refractivity contribution in [1.82, 2.24) is 14.9 Å². The molecule has 0 aliphatic carbocycles. The van der Waals surface area contributed by atoms with Gasteiger partial charge in [0.1, 0.15) is 5.82 Å². The van der Waals surface area contributed by atoms with Crippen LogP contribution in [0.3, 0.4) is 0 Å². The molecule has 1 aliphatic rings. The summed E-state index contributed by atoms with van der Waals surface area (Å²) in [5, 5.41) is 11.9. The topological polar surface area (TPSA) is 78.4 Å². The summed E-state index contributed by atoms with van der Waals surface area (Å²) in [5.74, 6) is 0.798. The standard InChI is InChI=1S/C20H26N4O2/c1-15-21-14-18(20(26)23-17-6-3-2-4-7-17)19(22-15)16-8-11-24(12-9-16)10-5-13-25/h2-4,6-7,14,16,25H,5,8-13H2,1H3,(H,23,26). The summed E-state index contributed by atoms with van der Waals surface area (Å²) in [6.45, 7) is 4.95. The number of para-hydroxylation sites is 1. The lowest BCUT2D eigenvalue weighted by atomic mass is 9.90. The Balaban J connectivity index is 1.73. The van der Waals surface area contributed by atoms with Gasteiger partial charge in [-0.1, -0.05) is 18.2 Å². The molecule has 1 aliphatic heterocycles. The first-order chi connectivity index (χ1) is 12.7. The van der Waals surface area contributed by atoms with Gasteiger partial charge in [0.05, 0.1) is 11.3 Å². The monoisotopic (exact) mass is 354 g/mol. The van der Waals surface area contributed by atoms with Gasteiger partial charge in [-0.25, -0.2) is 9.97 Å². The van der Waals surface area contributed by atoms with Gasteiger partial charge in [-0.2, -0.15) is 0 Å². The Morgan fingerprint density at radius 1 is 1.27 bits per heavy atom. The molecule has 0 radical (unpaired) electrons. The summed E-state index contributed by atoms with van der Waals surface area (Å²) in [6, 6.07) is 9.44. The number of aliphatic hydroxyl groups excluding tert-OH is 1. The van der Waals surface area contributed by atoms with E-state index in [2.05, 4.69) is 20.2 Å². The SMILES string of the molecule is Cc1ncc(C(=O)Nc2ccccc2)c(C2CCN(CCCO)CC2)n1. The minimum Gasteiger partial charge on any atom is -0.396 e. The van der Waals surface area contributed by atoms with Gasteiger partial charge in [-0.05, 0) is 51.4 Å². The molecule has 6 heteroatoms. The van der Waals surface area contributed by atoms with Crippen LogP contribution in [0.5, 0.6) is 0 Å². The van der Waals surface area contributed by atoms with Crippen molar-refractivity contribution in [3.63, 3.8) is 0 Å². The smallest absolute Gasteiger partial charge is 0.259 e.